The zero-order chi connectivity index (χ0) is 51.2. The number of aromatic nitrogens is 10. The Balaban J connectivity index is -0.000000178. The van der Waals surface area contributed by atoms with Gasteiger partial charge in [-0.05, 0) is 44.4 Å². The summed E-state index contributed by atoms with van der Waals surface area (Å²) >= 11 is 0. The molecule has 5 heterocycles. The van der Waals surface area contributed by atoms with Crippen LogP contribution in [0.25, 0.3) is 0 Å². The van der Waals surface area contributed by atoms with Gasteiger partial charge in [0.05, 0.1) is 34.1 Å². The van der Waals surface area contributed by atoms with Gasteiger partial charge in [0, 0.05) is 6.22 Å². The molecule has 48 nitrogen and oxygen atoms in total. The summed E-state index contributed by atoms with van der Waals surface area (Å²) in [6.45, 7) is 0. The Morgan fingerprint density at radius 3 is 1.47 bits per heavy atom. The van der Waals surface area contributed by atoms with Crippen LogP contribution in [0.4, 0.5) is 52.6 Å². The third-order valence-corrected chi connectivity index (χ3v) is 6.01. The van der Waals surface area contributed by atoms with Crippen molar-refractivity contribution in [3.8, 4) is 0 Å². The highest BCUT2D eigenvalue weighted by Crippen LogP contribution is 2.29. The molecule has 5 rings (SSSR count). The molecule has 5 aromatic heterocycles. The molecule has 0 fully saturated rings. The van der Waals surface area contributed by atoms with Crippen LogP contribution in [0, 0.1) is 101 Å². The Morgan fingerprint density at radius 1 is 0.671 bits per heavy atom. The monoisotopic (exact) mass is 1050 g/mol. The van der Waals surface area contributed by atoms with Crippen LogP contribution < -0.4 is 5.64 Å². The first-order valence-corrected chi connectivity index (χ1v) is 15.8. The predicted molar refractivity (Wildman–Crippen MR) is 217 cm³/mol. The molecule has 0 saturated carbocycles. The highest BCUT2D eigenvalue weighted by molar-refractivity contribution is 7.81. The fourth-order valence-corrected chi connectivity index (χ4v) is 3.27. The van der Waals surface area contributed by atoms with Crippen molar-refractivity contribution in [2.75, 3.05) is 0 Å². The van der Waals surface area contributed by atoms with Crippen LogP contribution in [-0.4, -0.2) is 117 Å². The maximum absolute atomic E-state index is 10.4. The first-order chi connectivity index (χ1) is 30.5. The third kappa shape index (κ3) is 22.6. The standard InChI is InChI=1S/C4H3N5O6.C4H4N4O4.2C3H2N4O4.C3H3N3O2.4CH4.H3NO7S.H2/c1-6-3(8(12)13)2(7(10)11)5-4(6)9(14)15;1-6-2-3(7(9)10)5-4(6)8(11)12;8-6(9)3-1-4-5(2-3)7(10)11;8-6(9)2-1-4-3(5-2)7(10)11;7-6(8)3-1-4-2-5-3;;;;;2-1-6-9(4,5)8-7-3;/h1H3;2H,1H3;1-2H;1H,(H,4,5);1-2H,(H,4,5);4*1H4;1-3H;1H/i;;;;;;;;;;1+1. The van der Waals surface area contributed by atoms with Crippen LogP contribution in [0.3, 0.4) is 0 Å². The lowest BCUT2D eigenvalue weighted by molar-refractivity contribution is -0.553. The average molecular weight is 1050 g/mol. The van der Waals surface area contributed by atoms with E-state index in [9.17, 15) is 110 Å². The number of hydrogen-bond donors (Lipinski definition) is 5. The van der Waals surface area contributed by atoms with Gasteiger partial charge in [-0.3, -0.25) is 15.3 Å². The number of aryl methyl sites for hydroxylation is 1. The number of nitrogens with zero attached hydrogens (tertiary/aromatic N) is 18. The second-order valence-electron chi connectivity index (χ2n) is 9.55. The lowest BCUT2D eigenvalue weighted by Gasteiger charge is -1.95. The van der Waals surface area contributed by atoms with Crippen molar-refractivity contribution in [1.82, 2.24) is 54.6 Å². The minimum atomic E-state index is -4.52. The smallest absolute Gasteiger partial charge is 0.390 e. The summed E-state index contributed by atoms with van der Waals surface area (Å²) in [6.07, 6.45) is 5.72. The quantitative estimate of drug-likeness (QED) is 0.0604. The molecule has 0 saturated heterocycles. The molecule has 0 radical (unpaired) electrons. The van der Waals surface area contributed by atoms with Gasteiger partial charge in [-0.2, -0.15) is 13.4 Å². The second-order valence-corrected chi connectivity index (χ2v) is 10.7. The Bertz CT molecular complexity index is 2550. The van der Waals surface area contributed by atoms with E-state index < -0.39 is 107 Å². The number of aromatic amines is 2. The number of nitrogens with one attached hydrogen (secondary N) is 3. The summed E-state index contributed by atoms with van der Waals surface area (Å²) in [4.78, 5) is 110. The molecule has 70 heavy (non-hydrogen) atoms. The molecule has 0 atom stereocenters. The number of rotatable bonds is 14. The Kier molecular flexibility index (Phi) is 31.1. The van der Waals surface area contributed by atoms with Gasteiger partial charge in [0.2, 0.25) is 6.20 Å². The van der Waals surface area contributed by atoms with Gasteiger partial charge in [-0.1, -0.05) is 49.7 Å². The van der Waals surface area contributed by atoms with Crippen LogP contribution in [0.2, 0.25) is 0 Å². The lowest BCUT2D eigenvalue weighted by atomic mass is 10.6. The summed E-state index contributed by atoms with van der Waals surface area (Å²) in [5.74, 6) is -5.38. The first kappa shape index (κ1) is 68.8. The molecule has 5 N–H and O–H groups in total. The van der Waals surface area contributed by atoms with E-state index in [1.807, 2.05) is 4.98 Å². The van der Waals surface area contributed by atoms with Crippen molar-refractivity contribution in [3.05, 3.63) is 138 Å². The summed E-state index contributed by atoms with van der Waals surface area (Å²) < 4.78 is 27.5. The highest BCUT2D eigenvalue weighted by Gasteiger charge is 2.38. The van der Waals surface area contributed by atoms with Crippen LogP contribution in [0.1, 0.15) is 31.1 Å². The van der Waals surface area contributed by atoms with Crippen molar-refractivity contribution in [2.45, 2.75) is 29.7 Å². The molecule has 5 aromatic rings. The molecule has 0 spiro atoms. The lowest BCUT2D eigenvalue weighted by Crippen LogP contribution is -2.18. The van der Waals surface area contributed by atoms with E-state index >= 15 is 0 Å². The Morgan fingerprint density at radius 2 is 1.21 bits per heavy atom. The fourth-order valence-electron chi connectivity index (χ4n) is 3.07. The van der Waals surface area contributed by atoms with E-state index in [0.717, 1.165) is 48.2 Å². The molecule has 392 valence electrons. The highest BCUT2D eigenvalue weighted by atomic mass is 32.3. The number of imidazole rings is 4. The van der Waals surface area contributed by atoms with E-state index in [2.05, 4.69) is 43.7 Å². The maximum atomic E-state index is 10.4. The number of nitro groups is 10. The van der Waals surface area contributed by atoms with Gasteiger partial charge in [0.15, 0.2) is 24.9 Å². The van der Waals surface area contributed by atoms with E-state index in [1.54, 1.807) is 0 Å². The molecule has 0 aromatic carbocycles. The maximum Gasteiger partial charge on any atom is 0.506 e. The predicted octanol–water partition coefficient (Wildman–Crippen LogP) is 2.11. The van der Waals surface area contributed by atoms with E-state index in [-0.39, 0.29) is 41.7 Å². The molecular weight excluding hydrogens is 1010 g/mol. The average Bonchev–Trinajstić information content (AvgIpc) is 4.05. The minimum Gasteiger partial charge on any atom is -0.390 e. The molecule has 0 amide bonds. The molecule has 49 heteroatoms. The van der Waals surface area contributed by atoms with Crippen molar-refractivity contribution in [3.63, 3.8) is 0 Å². The summed E-state index contributed by atoms with van der Waals surface area (Å²) in [7, 11) is -2.24. The van der Waals surface area contributed by atoms with Crippen molar-refractivity contribution in [2.24, 2.45) is 14.1 Å². The second kappa shape index (κ2) is 31.6. The molecule has 0 aliphatic rings. The molecule has 0 bridgehead atoms. The van der Waals surface area contributed by atoms with Gasteiger partial charge in [0.25, 0.3) is 0 Å². The van der Waals surface area contributed by atoms with E-state index in [4.69, 9.17) is 10.5 Å². The van der Waals surface area contributed by atoms with Crippen LogP contribution in [-0.2, 0) is 38.2 Å². The van der Waals surface area contributed by atoms with E-state index in [0.29, 0.717) is 4.57 Å². The Labute approximate surface area is 383 Å². The third-order valence-electron chi connectivity index (χ3n) is 5.51. The Hall–Kier alpha value is -10.2. The summed E-state index contributed by atoms with van der Waals surface area (Å²) in [5, 5.41) is 121. The van der Waals surface area contributed by atoms with Gasteiger partial charge >= 0.3 is 63.0 Å². The zero-order valence-corrected chi connectivity index (χ0v) is 31.8. The summed E-state index contributed by atoms with van der Waals surface area (Å²) in [5.41, 5.74) is 0.388. The normalized spacial score (nSPS) is 9.31. The number of hydrogen-bond acceptors (Lipinski definition) is 33. The van der Waals surface area contributed by atoms with Gasteiger partial charge in [0.1, 0.15) is 6.20 Å². The molecule has 0 aliphatic heterocycles. The van der Waals surface area contributed by atoms with Gasteiger partial charge in [-0.15, -0.1) is 8.85 Å². The van der Waals surface area contributed by atoms with Crippen LogP contribution >= 0.6 is 0 Å². The van der Waals surface area contributed by atoms with Gasteiger partial charge < -0.3 is 91.0 Å². The molecule has 0 aliphatic carbocycles. The number of H-pyrrole nitrogens is 2. The van der Waals surface area contributed by atoms with Crippen molar-refractivity contribution >= 4 is 63.0 Å². The largest absolute Gasteiger partial charge is 0.506 e. The van der Waals surface area contributed by atoms with E-state index in [1.165, 1.54) is 13.4 Å². The topological polar surface area (TPSA) is 657 Å². The van der Waals surface area contributed by atoms with Crippen molar-refractivity contribution in [1.29, 1.82) is 0 Å². The van der Waals surface area contributed by atoms with Crippen LogP contribution in [0.15, 0.2) is 37.3 Å². The zero-order valence-electron chi connectivity index (χ0n) is 31.0. The molecular formula is C21H35N21O27S. The first-order valence-electron chi connectivity index (χ1n) is 14.5. The fraction of sp³-hybridized carbons (Fsp3) is 0.286. The SMILES string of the molecule is C.C.C.C.Cn1c([N+](=O)[O-])nc([N+](=O)[O-])c1[N+](=O)[O-].Cn1cc([N+](=O)[O-])nc1[N+](=O)[O-].O=S(=O)(ONO)OOO.O=[N+]([O-])c1cnc([N+](=O)[O-])[nH]1.O=[N+]([O-])c1cnc[nH]1.O=[N+]([O-])c1cnn([N+](=O)[O-])c1.[2HH]. The summed E-state index contributed by atoms with van der Waals surface area (Å²) in [6, 6.07) is 0. The van der Waals surface area contributed by atoms with Crippen molar-refractivity contribution < 1.29 is 83.3 Å². The van der Waals surface area contributed by atoms with Gasteiger partial charge in [-0.25, -0.2) is 19.8 Å². The minimum absolute atomic E-state index is 0. The van der Waals surface area contributed by atoms with Crippen LogP contribution in [0.5, 0.6) is 0 Å². The molecule has 0 unspecified atom stereocenters.